The van der Waals surface area contributed by atoms with Gasteiger partial charge in [-0.25, -0.2) is 13.4 Å². The van der Waals surface area contributed by atoms with Gasteiger partial charge in [0.05, 0.1) is 27.4 Å². The smallest absolute Gasteiger partial charge is 0.273 e. The van der Waals surface area contributed by atoms with E-state index in [1.54, 1.807) is 24.5 Å². The normalized spacial score (nSPS) is 12.0. The van der Waals surface area contributed by atoms with E-state index in [2.05, 4.69) is 4.98 Å². The molecule has 3 aromatic rings. The minimum atomic E-state index is -3.60. The van der Waals surface area contributed by atoms with Crippen molar-refractivity contribution in [1.29, 1.82) is 0 Å². The summed E-state index contributed by atoms with van der Waals surface area (Å²) in [6.45, 7) is 0. The summed E-state index contributed by atoms with van der Waals surface area (Å²) < 4.78 is 28.9. The Balaban J connectivity index is 2.05. The highest BCUT2D eigenvalue weighted by Crippen LogP contribution is 2.30. The number of fused-ring (bicyclic) bond motifs is 1. The highest BCUT2D eigenvalue weighted by molar-refractivity contribution is 7.94. The summed E-state index contributed by atoms with van der Waals surface area (Å²) in [4.78, 5) is 4.24. The number of hydrogen-bond acceptors (Lipinski definition) is 4. The molecule has 110 valence electrons. The zero-order valence-corrected chi connectivity index (χ0v) is 13.7. The van der Waals surface area contributed by atoms with Gasteiger partial charge in [-0.1, -0.05) is 11.6 Å². The molecule has 0 aliphatic heterocycles. The van der Waals surface area contributed by atoms with E-state index in [0.29, 0.717) is 10.0 Å². The Morgan fingerprint density at radius 3 is 2.71 bits per heavy atom. The molecule has 0 aliphatic rings. The van der Waals surface area contributed by atoms with Gasteiger partial charge in [0.1, 0.15) is 4.21 Å². The molecular formula is C13H12ClN3O2S2. The highest BCUT2D eigenvalue weighted by Gasteiger charge is 2.23. The van der Waals surface area contributed by atoms with Crippen molar-refractivity contribution in [1.82, 2.24) is 9.55 Å². The molecule has 2 heterocycles. The first-order chi connectivity index (χ1) is 9.89. The lowest BCUT2D eigenvalue weighted by Crippen LogP contribution is -2.25. The van der Waals surface area contributed by atoms with Gasteiger partial charge in [-0.3, -0.25) is 4.31 Å². The molecule has 0 fully saturated rings. The molecule has 0 N–H and O–H groups in total. The fourth-order valence-corrected chi connectivity index (χ4v) is 4.87. The van der Waals surface area contributed by atoms with Crippen LogP contribution in [0.5, 0.6) is 0 Å². The van der Waals surface area contributed by atoms with Crippen LogP contribution in [0.1, 0.15) is 0 Å². The van der Waals surface area contributed by atoms with Crippen molar-refractivity contribution in [2.45, 2.75) is 4.21 Å². The molecule has 0 spiro atoms. The Bertz CT molecular complexity index is 915. The summed E-state index contributed by atoms with van der Waals surface area (Å²) in [6.07, 6.45) is 1.70. The molecule has 5 nitrogen and oxygen atoms in total. The monoisotopic (exact) mass is 341 g/mol. The standard InChI is InChI=1S/C13H12ClN3O2S2/c1-16-8-15-10-7-9(3-4-11(10)16)17(2)21(18,19)13-6-5-12(14)20-13/h3-8H,1-2H3. The first-order valence-corrected chi connectivity index (χ1v) is 8.68. The van der Waals surface area contributed by atoms with Crippen LogP contribution in [-0.4, -0.2) is 25.0 Å². The van der Waals surface area contributed by atoms with E-state index in [0.717, 1.165) is 22.4 Å². The molecular weight excluding hydrogens is 330 g/mol. The van der Waals surface area contributed by atoms with Gasteiger partial charge in [0.15, 0.2) is 0 Å². The molecule has 0 saturated heterocycles. The summed E-state index contributed by atoms with van der Waals surface area (Å²) in [7, 11) is -0.187. The topological polar surface area (TPSA) is 55.2 Å². The van der Waals surface area contributed by atoms with Crippen molar-refractivity contribution < 1.29 is 8.42 Å². The summed E-state index contributed by atoms with van der Waals surface area (Å²) in [6, 6.07) is 8.46. The van der Waals surface area contributed by atoms with Crippen LogP contribution in [0.25, 0.3) is 11.0 Å². The number of rotatable bonds is 3. The number of anilines is 1. The van der Waals surface area contributed by atoms with Crippen LogP contribution in [0.15, 0.2) is 40.9 Å². The zero-order valence-electron chi connectivity index (χ0n) is 11.3. The first-order valence-electron chi connectivity index (χ1n) is 6.05. The third-order valence-electron chi connectivity index (χ3n) is 3.24. The SMILES string of the molecule is CN(c1ccc2c(c1)ncn2C)S(=O)(=O)c1ccc(Cl)s1. The Morgan fingerprint density at radius 1 is 1.29 bits per heavy atom. The molecule has 0 aliphatic carbocycles. The lowest BCUT2D eigenvalue weighted by molar-refractivity contribution is 0.596. The summed E-state index contributed by atoms with van der Waals surface area (Å²) >= 11 is 6.86. The quantitative estimate of drug-likeness (QED) is 0.735. The summed E-state index contributed by atoms with van der Waals surface area (Å²) in [5.74, 6) is 0. The van der Waals surface area contributed by atoms with Crippen LogP contribution >= 0.6 is 22.9 Å². The van der Waals surface area contributed by atoms with Gasteiger partial charge in [0, 0.05) is 14.1 Å². The van der Waals surface area contributed by atoms with E-state index in [9.17, 15) is 8.42 Å². The van der Waals surface area contributed by atoms with E-state index in [1.807, 2.05) is 17.7 Å². The molecule has 0 bridgehead atoms. The maximum Gasteiger partial charge on any atom is 0.273 e. The summed E-state index contributed by atoms with van der Waals surface area (Å²) in [5.41, 5.74) is 2.26. The van der Waals surface area contributed by atoms with Gasteiger partial charge in [0.2, 0.25) is 0 Å². The van der Waals surface area contributed by atoms with Gasteiger partial charge in [-0.2, -0.15) is 0 Å². The Labute approximate surface area is 131 Å². The molecule has 2 aromatic heterocycles. The fourth-order valence-electron chi connectivity index (χ4n) is 2.03. The Hall–Kier alpha value is -1.57. The number of sulfonamides is 1. The van der Waals surface area contributed by atoms with Crippen molar-refractivity contribution >= 4 is 49.7 Å². The van der Waals surface area contributed by atoms with E-state index in [-0.39, 0.29) is 4.21 Å². The third kappa shape index (κ3) is 2.41. The van der Waals surface area contributed by atoms with Gasteiger partial charge < -0.3 is 4.57 Å². The van der Waals surface area contributed by atoms with Crippen LogP contribution < -0.4 is 4.31 Å². The molecule has 1 aromatic carbocycles. The second-order valence-electron chi connectivity index (χ2n) is 4.56. The number of hydrogen-bond donors (Lipinski definition) is 0. The molecule has 0 radical (unpaired) electrons. The van der Waals surface area contributed by atoms with Crippen LogP contribution in [0.3, 0.4) is 0 Å². The lowest BCUT2D eigenvalue weighted by Gasteiger charge is -2.18. The maximum atomic E-state index is 12.5. The second kappa shape index (κ2) is 5.01. The number of thiophene rings is 1. The van der Waals surface area contributed by atoms with Gasteiger partial charge in [-0.15, -0.1) is 11.3 Å². The number of aryl methyl sites for hydroxylation is 1. The van der Waals surface area contributed by atoms with Gasteiger partial charge >= 0.3 is 0 Å². The largest absolute Gasteiger partial charge is 0.334 e. The zero-order chi connectivity index (χ0) is 15.2. The van der Waals surface area contributed by atoms with E-state index in [1.165, 1.54) is 17.4 Å². The molecule has 0 unspecified atom stereocenters. The average molecular weight is 342 g/mol. The van der Waals surface area contributed by atoms with Crippen molar-refractivity contribution in [2.75, 3.05) is 11.4 Å². The van der Waals surface area contributed by atoms with Crippen molar-refractivity contribution in [2.24, 2.45) is 7.05 Å². The van der Waals surface area contributed by atoms with E-state index < -0.39 is 10.0 Å². The highest BCUT2D eigenvalue weighted by atomic mass is 35.5. The number of benzene rings is 1. The molecule has 0 saturated carbocycles. The minimum absolute atomic E-state index is 0.219. The second-order valence-corrected chi connectivity index (χ2v) is 8.47. The molecule has 0 amide bonds. The predicted octanol–water partition coefficient (Wildman–Crippen LogP) is 3.11. The van der Waals surface area contributed by atoms with Crippen LogP contribution in [0.4, 0.5) is 5.69 Å². The third-order valence-corrected chi connectivity index (χ3v) is 6.72. The molecule has 21 heavy (non-hydrogen) atoms. The van der Waals surface area contributed by atoms with Crippen LogP contribution in [0, 0.1) is 0 Å². The van der Waals surface area contributed by atoms with Crippen molar-refractivity contribution in [3.63, 3.8) is 0 Å². The molecule has 8 heteroatoms. The predicted molar refractivity (Wildman–Crippen MR) is 85.6 cm³/mol. The fraction of sp³-hybridized carbons (Fsp3) is 0.154. The Morgan fingerprint density at radius 2 is 2.05 bits per heavy atom. The van der Waals surface area contributed by atoms with Gasteiger partial charge in [0.25, 0.3) is 10.0 Å². The first kappa shape index (κ1) is 14.4. The average Bonchev–Trinajstić information content (AvgIpc) is 3.05. The van der Waals surface area contributed by atoms with E-state index in [4.69, 9.17) is 11.6 Å². The number of aromatic nitrogens is 2. The number of halogens is 1. The maximum absolute atomic E-state index is 12.5. The van der Waals surface area contributed by atoms with Crippen LogP contribution in [0.2, 0.25) is 4.34 Å². The molecule has 3 rings (SSSR count). The van der Waals surface area contributed by atoms with Gasteiger partial charge in [-0.05, 0) is 30.3 Å². The summed E-state index contributed by atoms with van der Waals surface area (Å²) in [5, 5.41) is 0. The number of imidazole rings is 1. The molecule has 0 atom stereocenters. The lowest BCUT2D eigenvalue weighted by atomic mass is 10.3. The van der Waals surface area contributed by atoms with Crippen molar-refractivity contribution in [3.05, 3.63) is 41.0 Å². The Kier molecular flexibility index (Phi) is 3.43. The number of nitrogens with zero attached hydrogens (tertiary/aromatic N) is 3. The van der Waals surface area contributed by atoms with Crippen molar-refractivity contribution in [3.8, 4) is 0 Å². The van der Waals surface area contributed by atoms with Crippen LogP contribution in [-0.2, 0) is 17.1 Å². The van der Waals surface area contributed by atoms with E-state index >= 15 is 0 Å². The minimum Gasteiger partial charge on any atom is -0.334 e.